The first-order valence-corrected chi connectivity index (χ1v) is 8.83. The summed E-state index contributed by atoms with van der Waals surface area (Å²) in [6, 6.07) is 7.89. The largest absolute Gasteiger partial charge is 0.491 e. The lowest BCUT2D eigenvalue weighted by atomic mass is 10.2. The lowest BCUT2D eigenvalue weighted by molar-refractivity contribution is 0.0661. The summed E-state index contributed by atoms with van der Waals surface area (Å²) in [5, 5.41) is 13.3. The zero-order valence-electron chi connectivity index (χ0n) is 13.4. The Morgan fingerprint density at radius 1 is 1.26 bits per heavy atom. The normalized spacial score (nSPS) is 17.2. The van der Waals surface area contributed by atoms with Gasteiger partial charge in [0.05, 0.1) is 0 Å². The number of β-amino-alcohol motifs (C(OH)–C–C–N with tert-alkyl or cyclic N) is 1. The molecule has 1 aromatic heterocycles. The highest BCUT2D eigenvalue weighted by Gasteiger charge is 2.20. The second kappa shape index (κ2) is 7.77. The van der Waals surface area contributed by atoms with Crippen LogP contribution in [0.2, 0.25) is 0 Å². The Labute approximate surface area is 141 Å². The minimum absolute atomic E-state index is 0.331. The molecule has 0 spiro atoms. The number of aromatic nitrogens is 1. The number of rotatable bonds is 6. The molecule has 1 saturated heterocycles. The van der Waals surface area contributed by atoms with Crippen LogP contribution in [0.15, 0.2) is 35.8 Å². The van der Waals surface area contributed by atoms with Gasteiger partial charge in [0.2, 0.25) is 0 Å². The van der Waals surface area contributed by atoms with Crippen molar-refractivity contribution >= 4 is 16.5 Å². The summed E-state index contributed by atoms with van der Waals surface area (Å²) in [6.07, 6.45) is 1.37. The maximum Gasteiger partial charge on any atom is 0.185 e. The number of hydrogen-bond donors (Lipinski definition) is 1. The zero-order valence-corrected chi connectivity index (χ0v) is 14.2. The van der Waals surface area contributed by atoms with Crippen LogP contribution in [0, 0.1) is 6.92 Å². The van der Waals surface area contributed by atoms with Crippen molar-refractivity contribution in [3.63, 3.8) is 0 Å². The van der Waals surface area contributed by atoms with E-state index in [1.165, 1.54) is 0 Å². The van der Waals surface area contributed by atoms with Gasteiger partial charge in [-0.3, -0.25) is 4.90 Å². The molecule has 0 aliphatic carbocycles. The molecule has 3 rings (SSSR count). The maximum absolute atomic E-state index is 10.2. The molecule has 1 aliphatic heterocycles. The van der Waals surface area contributed by atoms with Gasteiger partial charge >= 0.3 is 0 Å². The van der Waals surface area contributed by atoms with Crippen molar-refractivity contribution in [3.8, 4) is 5.75 Å². The molecular formula is C17H23N3O2S. The highest BCUT2D eigenvalue weighted by molar-refractivity contribution is 7.13. The van der Waals surface area contributed by atoms with Gasteiger partial charge in [-0.25, -0.2) is 4.98 Å². The van der Waals surface area contributed by atoms with E-state index in [-0.39, 0.29) is 0 Å². The molecule has 0 unspecified atom stereocenters. The monoisotopic (exact) mass is 333 g/mol. The first kappa shape index (κ1) is 16.2. The number of ether oxygens (including phenoxy) is 1. The van der Waals surface area contributed by atoms with Crippen LogP contribution in [0.4, 0.5) is 5.13 Å². The third-order valence-electron chi connectivity index (χ3n) is 4.06. The quantitative estimate of drug-likeness (QED) is 0.876. The molecule has 1 fully saturated rings. The third-order valence-corrected chi connectivity index (χ3v) is 4.89. The van der Waals surface area contributed by atoms with Crippen molar-refractivity contribution in [2.45, 2.75) is 13.0 Å². The predicted molar refractivity (Wildman–Crippen MR) is 93.4 cm³/mol. The van der Waals surface area contributed by atoms with E-state index in [0.29, 0.717) is 13.2 Å². The molecule has 2 aromatic rings. The van der Waals surface area contributed by atoms with Crippen molar-refractivity contribution in [3.05, 3.63) is 41.4 Å². The molecule has 23 heavy (non-hydrogen) atoms. The van der Waals surface area contributed by atoms with Gasteiger partial charge in [-0.1, -0.05) is 18.2 Å². The van der Waals surface area contributed by atoms with Gasteiger partial charge < -0.3 is 14.7 Å². The van der Waals surface area contributed by atoms with Crippen molar-refractivity contribution in [2.24, 2.45) is 0 Å². The van der Waals surface area contributed by atoms with E-state index in [0.717, 1.165) is 42.6 Å². The smallest absolute Gasteiger partial charge is 0.185 e. The Bertz CT molecular complexity index is 598. The molecule has 1 aromatic carbocycles. The number of aliphatic hydroxyl groups excluding tert-OH is 1. The SMILES string of the molecule is Cc1ccccc1OC[C@H](O)CN1CCN(c2nccs2)CC1. The van der Waals surface area contributed by atoms with E-state index in [1.807, 2.05) is 42.8 Å². The number of thiazole rings is 1. The van der Waals surface area contributed by atoms with Crippen LogP contribution in [0.1, 0.15) is 5.56 Å². The summed E-state index contributed by atoms with van der Waals surface area (Å²) >= 11 is 1.68. The number of aryl methyl sites for hydroxylation is 1. The number of nitrogens with zero attached hydrogens (tertiary/aromatic N) is 3. The highest BCUT2D eigenvalue weighted by atomic mass is 32.1. The van der Waals surface area contributed by atoms with Crippen LogP contribution in [-0.4, -0.2) is 60.4 Å². The molecule has 5 nitrogen and oxygen atoms in total. The van der Waals surface area contributed by atoms with Crippen LogP contribution in [-0.2, 0) is 0 Å². The minimum atomic E-state index is -0.471. The van der Waals surface area contributed by atoms with Crippen molar-refractivity contribution in [2.75, 3.05) is 44.2 Å². The van der Waals surface area contributed by atoms with Crippen LogP contribution >= 0.6 is 11.3 Å². The summed E-state index contributed by atoms with van der Waals surface area (Å²) in [5.74, 6) is 0.847. The average molecular weight is 333 g/mol. The van der Waals surface area contributed by atoms with Gasteiger partial charge in [-0.2, -0.15) is 0 Å². The number of para-hydroxylation sites is 1. The second-order valence-corrected chi connectivity index (χ2v) is 6.71. The third kappa shape index (κ3) is 4.43. The van der Waals surface area contributed by atoms with E-state index in [4.69, 9.17) is 4.74 Å². The lowest BCUT2D eigenvalue weighted by Gasteiger charge is -2.35. The molecule has 1 atom stereocenters. The summed E-state index contributed by atoms with van der Waals surface area (Å²) in [6.45, 7) is 6.80. The molecule has 1 N–H and O–H groups in total. The molecule has 1 aliphatic rings. The fourth-order valence-corrected chi connectivity index (χ4v) is 3.45. The van der Waals surface area contributed by atoms with Crippen molar-refractivity contribution < 1.29 is 9.84 Å². The van der Waals surface area contributed by atoms with Crippen molar-refractivity contribution in [1.82, 2.24) is 9.88 Å². The molecule has 0 bridgehead atoms. The molecular weight excluding hydrogens is 310 g/mol. The highest BCUT2D eigenvalue weighted by Crippen LogP contribution is 2.19. The van der Waals surface area contributed by atoms with Gasteiger partial charge in [0, 0.05) is 44.3 Å². The molecule has 6 heteroatoms. The first-order valence-electron chi connectivity index (χ1n) is 7.95. The summed E-state index contributed by atoms with van der Waals surface area (Å²) in [4.78, 5) is 8.94. The summed E-state index contributed by atoms with van der Waals surface area (Å²) in [7, 11) is 0. The van der Waals surface area contributed by atoms with Crippen LogP contribution in [0.25, 0.3) is 0 Å². The average Bonchev–Trinajstić information content (AvgIpc) is 3.09. The van der Waals surface area contributed by atoms with E-state index in [9.17, 15) is 5.11 Å². The Kier molecular flexibility index (Phi) is 5.48. The molecule has 0 saturated carbocycles. The van der Waals surface area contributed by atoms with Crippen molar-refractivity contribution in [1.29, 1.82) is 0 Å². The van der Waals surface area contributed by atoms with Crippen LogP contribution < -0.4 is 9.64 Å². The Morgan fingerprint density at radius 3 is 2.74 bits per heavy atom. The summed E-state index contributed by atoms with van der Waals surface area (Å²) < 4.78 is 5.72. The van der Waals surface area contributed by atoms with E-state index in [2.05, 4.69) is 14.8 Å². The maximum atomic E-state index is 10.2. The molecule has 0 radical (unpaired) electrons. The topological polar surface area (TPSA) is 48.8 Å². The summed E-state index contributed by atoms with van der Waals surface area (Å²) in [5.41, 5.74) is 1.09. The second-order valence-electron chi connectivity index (χ2n) is 5.83. The van der Waals surface area contributed by atoms with Crippen LogP contribution in [0.3, 0.4) is 0 Å². The van der Waals surface area contributed by atoms with Crippen LogP contribution in [0.5, 0.6) is 5.75 Å². The van der Waals surface area contributed by atoms with Gasteiger partial charge in [0.15, 0.2) is 5.13 Å². The molecule has 0 amide bonds. The predicted octanol–water partition coefficient (Wildman–Crippen LogP) is 2.01. The first-order chi connectivity index (χ1) is 11.2. The molecule has 124 valence electrons. The Balaban J connectivity index is 1.41. The van der Waals surface area contributed by atoms with E-state index >= 15 is 0 Å². The number of aliphatic hydroxyl groups is 1. The molecule has 2 heterocycles. The van der Waals surface area contributed by atoms with Gasteiger partial charge in [-0.05, 0) is 18.6 Å². The van der Waals surface area contributed by atoms with E-state index < -0.39 is 6.10 Å². The minimum Gasteiger partial charge on any atom is -0.491 e. The van der Waals surface area contributed by atoms with Gasteiger partial charge in [-0.15, -0.1) is 11.3 Å². The number of piperazine rings is 1. The Hall–Kier alpha value is -1.63. The standard InChI is InChI=1S/C17H23N3O2S/c1-14-4-2-3-5-16(14)22-13-15(21)12-19-7-9-20(10-8-19)17-18-6-11-23-17/h2-6,11,15,21H,7-10,12-13H2,1H3/t15-/m1/s1. The number of anilines is 1. The fourth-order valence-electron chi connectivity index (χ4n) is 2.75. The van der Waals surface area contributed by atoms with Gasteiger partial charge in [0.1, 0.15) is 18.5 Å². The fraction of sp³-hybridized carbons (Fsp3) is 0.471. The number of hydrogen-bond acceptors (Lipinski definition) is 6. The lowest BCUT2D eigenvalue weighted by Crippen LogP contribution is -2.49. The van der Waals surface area contributed by atoms with Gasteiger partial charge in [0.25, 0.3) is 0 Å². The Morgan fingerprint density at radius 2 is 2.04 bits per heavy atom. The zero-order chi connectivity index (χ0) is 16.1. The number of benzene rings is 1. The van der Waals surface area contributed by atoms with E-state index in [1.54, 1.807) is 11.3 Å².